The summed E-state index contributed by atoms with van der Waals surface area (Å²) in [7, 11) is -3.45. The lowest BCUT2D eigenvalue weighted by Gasteiger charge is -2.29. The van der Waals surface area contributed by atoms with Crippen LogP contribution in [0.25, 0.3) is 0 Å². The van der Waals surface area contributed by atoms with Crippen LogP contribution < -0.4 is 0 Å². The fraction of sp³-hybridized carbons (Fsp3) is 0.444. The molecule has 0 bridgehead atoms. The summed E-state index contributed by atoms with van der Waals surface area (Å²) in [4.78, 5) is 1.60. The van der Waals surface area contributed by atoms with Crippen molar-refractivity contribution in [3.63, 3.8) is 0 Å². The first-order valence-corrected chi connectivity index (χ1v) is 10.4. The fourth-order valence-corrected chi connectivity index (χ4v) is 6.01. The molecule has 0 N–H and O–H groups in total. The van der Waals surface area contributed by atoms with Crippen LogP contribution in [0.15, 0.2) is 40.6 Å². The normalized spacial score (nSPS) is 20.3. The highest BCUT2D eigenvalue weighted by Gasteiger charge is 2.34. The minimum atomic E-state index is -3.45. The zero-order valence-corrected chi connectivity index (χ0v) is 15.3. The van der Waals surface area contributed by atoms with Crippen LogP contribution in [0, 0.1) is 13.8 Å². The first-order chi connectivity index (χ1) is 11.0. The predicted molar refractivity (Wildman–Crippen MR) is 95.3 cm³/mol. The summed E-state index contributed by atoms with van der Waals surface area (Å²) in [5.41, 5.74) is 2.27. The summed E-state index contributed by atoms with van der Waals surface area (Å²) in [5, 5.41) is 2.06. The number of nitrogens with zero attached hydrogens (tertiary/aromatic N) is 1. The van der Waals surface area contributed by atoms with Gasteiger partial charge in [0.1, 0.15) is 0 Å². The average molecular weight is 350 g/mol. The Balaban J connectivity index is 2.02. The molecule has 1 aromatic carbocycles. The van der Waals surface area contributed by atoms with Gasteiger partial charge in [0.15, 0.2) is 0 Å². The second kappa shape index (κ2) is 6.75. The smallest absolute Gasteiger partial charge is 0.207 e. The SMILES string of the molecule is Cc1ccc(S(=O)(=O)N2CCCCCC2c2sccc2C)cc1. The Morgan fingerprint density at radius 3 is 2.43 bits per heavy atom. The van der Waals surface area contributed by atoms with Gasteiger partial charge in [-0.25, -0.2) is 8.42 Å². The number of thiophene rings is 1. The third-order valence-electron chi connectivity index (χ3n) is 4.54. The largest absolute Gasteiger partial charge is 0.243 e. The Kier molecular flexibility index (Phi) is 4.90. The Morgan fingerprint density at radius 2 is 1.78 bits per heavy atom. The highest BCUT2D eigenvalue weighted by molar-refractivity contribution is 7.89. The lowest BCUT2D eigenvalue weighted by molar-refractivity contribution is 0.332. The van der Waals surface area contributed by atoms with Crippen LogP contribution in [0.2, 0.25) is 0 Å². The van der Waals surface area contributed by atoms with Gasteiger partial charge in [-0.2, -0.15) is 4.31 Å². The van der Waals surface area contributed by atoms with E-state index in [0.29, 0.717) is 11.4 Å². The zero-order valence-electron chi connectivity index (χ0n) is 13.7. The third kappa shape index (κ3) is 3.37. The third-order valence-corrected chi connectivity index (χ3v) is 7.58. The standard InChI is InChI=1S/C18H23NO2S2/c1-14-7-9-16(10-8-14)23(20,21)19-12-5-3-4-6-17(19)18-15(2)11-13-22-18/h7-11,13,17H,3-6,12H2,1-2H3. The van der Waals surface area contributed by atoms with Crippen molar-refractivity contribution in [2.75, 3.05) is 6.54 Å². The van der Waals surface area contributed by atoms with Crippen LogP contribution in [-0.4, -0.2) is 19.3 Å². The molecule has 1 unspecified atom stereocenters. The zero-order chi connectivity index (χ0) is 16.4. The van der Waals surface area contributed by atoms with E-state index in [1.54, 1.807) is 27.8 Å². The van der Waals surface area contributed by atoms with E-state index in [4.69, 9.17) is 0 Å². The lowest BCUT2D eigenvalue weighted by atomic mass is 10.1. The molecule has 0 amide bonds. The van der Waals surface area contributed by atoms with Crippen molar-refractivity contribution in [3.8, 4) is 0 Å². The molecular formula is C18H23NO2S2. The first-order valence-electron chi connectivity index (χ1n) is 8.12. The van der Waals surface area contributed by atoms with Crippen LogP contribution in [0.5, 0.6) is 0 Å². The van der Waals surface area contributed by atoms with E-state index < -0.39 is 10.0 Å². The van der Waals surface area contributed by atoms with Crippen molar-refractivity contribution in [2.24, 2.45) is 0 Å². The van der Waals surface area contributed by atoms with Gasteiger partial charge in [0.2, 0.25) is 10.0 Å². The maximum absolute atomic E-state index is 13.2. The maximum atomic E-state index is 13.2. The molecule has 124 valence electrons. The van der Waals surface area contributed by atoms with Gasteiger partial charge in [-0.3, -0.25) is 0 Å². The van der Waals surface area contributed by atoms with Crippen LogP contribution in [0.1, 0.15) is 47.7 Å². The summed E-state index contributed by atoms with van der Waals surface area (Å²) >= 11 is 1.68. The molecule has 23 heavy (non-hydrogen) atoms. The number of benzene rings is 1. The molecule has 2 aromatic rings. The summed E-state index contributed by atoms with van der Waals surface area (Å²) < 4.78 is 28.1. The number of rotatable bonds is 3. The van der Waals surface area contributed by atoms with Gasteiger partial charge < -0.3 is 0 Å². The minimum Gasteiger partial charge on any atom is -0.207 e. The summed E-state index contributed by atoms with van der Waals surface area (Å²) in [6.45, 7) is 4.66. The Hall–Kier alpha value is -1.17. The van der Waals surface area contributed by atoms with Crippen molar-refractivity contribution in [1.29, 1.82) is 0 Å². The van der Waals surface area contributed by atoms with Crippen molar-refractivity contribution < 1.29 is 8.42 Å². The molecule has 0 spiro atoms. The Bertz CT molecular complexity index is 763. The molecule has 0 aliphatic carbocycles. The highest BCUT2D eigenvalue weighted by Crippen LogP contribution is 2.38. The molecule has 3 nitrogen and oxygen atoms in total. The molecule has 3 rings (SSSR count). The molecule has 5 heteroatoms. The number of hydrogen-bond acceptors (Lipinski definition) is 3. The van der Waals surface area contributed by atoms with E-state index >= 15 is 0 Å². The van der Waals surface area contributed by atoms with E-state index in [1.807, 2.05) is 19.1 Å². The Morgan fingerprint density at radius 1 is 1.04 bits per heavy atom. The first kappa shape index (κ1) is 16.7. The van der Waals surface area contributed by atoms with E-state index in [0.717, 1.165) is 31.2 Å². The Labute approximate surface area is 143 Å². The van der Waals surface area contributed by atoms with Gasteiger partial charge >= 0.3 is 0 Å². The van der Waals surface area contributed by atoms with Crippen LogP contribution >= 0.6 is 11.3 Å². The van der Waals surface area contributed by atoms with Crippen molar-refractivity contribution in [2.45, 2.75) is 50.5 Å². The quantitative estimate of drug-likeness (QED) is 0.807. The van der Waals surface area contributed by atoms with Gasteiger partial charge in [0, 0.05) is 11.4 Å². The van der Waals surface area contributed by atoms with Gasteiger partial charge in [-0.15, -0.1) is 11.3 Å². The summed E-state index contributed by atoms with van der Waals surface area (Å²) in [6, 6.07) is 9.26. The highest BCUT2D eigenvalue weighted by atomic mass is 32.2. The van der Waals surface area contributed by atoms with E-state index in [1.165, 1.54) is 10.4 Å². The van der Waals surface area contributed by atoms with Crippen LogP contribution in [-0.2, 0) is 10.0 Å². The topological polar surface area (TPSA) is 37.4 Å². The molecule has 1 atom stereocenters. The van der Waals surface area contributed by atoms with Gasteiger partial charge in [0.25, 0.3) is 0 Å². The minimum absolute atomic E-state index is 0.0243. The monoisotopic (exact) mass is 349 g/mol. The molecule has 1 aliphatic rings. The van der Waals surface area contributed by atoms with Crippen molar-refractivity contribution in [1.82, 2.24) is 4.31 Å². The number of aryl methyl sites for hydroxylation is 2. The summed E-state index contributed by atoms with van der Waals surface area (Å²) in [6.07, 6.45) is 4.03. The van der Waals surface area contributed by atoms with E-state index in [-0.39, 0.29) is 6.04 Å². The predicted octanol–water partition coefficient (Wildman–Crippen LogP) is 4.67. The fourth-order valence-electron chi connectivity index (χ4n) is 3.20. The van der Waals surface area contributed by atoms with E-state index in [9.17, 15) is 8.42 Å². The molecule has 2 heterocycles. The molecule has 0 radical (unpaired) electrons. The summed E-state index contributed by atoms with van der Waals surface area (Å²) in [5.74, 6) is 0. The maximum Gasteiger partial charge on any atom is 0.243 e. The van der Waals surface area contributed by atoms with Crippen molar-refractivity contribution >= 4 is 21.4 Å². The van der Waals surface area contributed by atoms with Crippen LogP contribution in [0.3, 0.4) is 0 Å². The number of hydrogen-bond donors (Lipinski definition) is 0. The van der Waals surface area contributed by atoms with Gasteiger partial charge in [-0.05, 0) is 55.8 Å². The molecule has 1 aliphatic heterocycles. The average Bonchev–Trinajstić information content (AvgIpc) is 2.80. The number of sulfonamides is 1. The second-order valence-corrected chi connectivity index (χ2v) is 9.10. The lowest BCUT2D eigenvalue weighted by Crippen LogP contribution is -2.34. The molecular weight excluding hydrogens is 326 g/mol. The van der Waals surface area contributed by atoms with E-state index in [2.05, 4.69) is 18.4 Å². The van der Waals surface area contributed by atoms with Crippen molar-refractivity contribution in [3.05, 3.63) is 51.7 Å². The second-order valence-electron chi connectivity index (χ2n) is 6.26. The molecule has 1 aromatic heterocycles. The van der Waals surface area contributed by atoms with Crippen LogP contribution in [0.4, 0.5) is 0 Å². The van der Waals surface area contributed by atoms with Gasteiger partial charge in [0.05, 0.1) is 10.9 Å². The molecule has 1 saturated heterocycles. The molecule has 0 saturated carbocycles. The van der Waals surface area contributed by atoms with Gasteiger partial charge in [-0.1, -0.05) is 30.5 Å². The molecule has 1 fully saturated rings.